The van der Waals surface area contributed by atoms with Crippen molar-refractivity contribution in [3.8, 4) is 34.1 Å². The van der Waals surface area contributed by atoms with Crippen LogP contribution in [0, 0.1) is 19.1 Å². The number of nitrogens with zero attached hydrogens (tertiary/aromatic N) is 4. The average Bonchev–Trinajstić information content (AvgIpc) is 3.64. The summed E-state index contributed by atoms with van der Waals surface area (Å²) in [5.41, 5.74) is 10.2. The number of aromatic nitrogens is 4. The quantitative estimate of drug-likeness (QED) is 0.129. The van der Waals surface area contributed by atoms with E-state index in [0.717, 1.165) is 70.3 Å². The predicted octanol–water partition coefficient (Wildman–Crippen LogP) is 10.8. The third-order valence-corrected chi connectivity index (χ3v) is 9.10. The number of para-hydroxylation sites is 1. The van der Waals surface area contributed by atoms with E-state index in [2.05, 4.69) is 123 Å². The Balaban J connectivity index is 0.00000401. The number of benzene rings is 4. The van der Waals surface area contributed by atoms with E-state index in [9.17, 15) is 0 Å². The molecular formula is C42H40N4OPt. The van der Waals surface area contributed by atoms with E-state index in [1.54, 1.807) is 0 Å². The number of fused-ring (bicyclic) bond motifs is 3. The molecule has 0 saturated heterocycles. The van der Waals surface area contributed by atoms with Gasteiger partial charge >= 0.3 is 21.1 Å². The van der Waals surface area contributed by atoms with Gasteiger partial charge in [0.05, 0.1) is 11.4 Å². The van der Waals surface area contributed by atoms with Crippen LogP contribution in [0.15, 0.2) is 97.2 Å². The van der Waals surface area contributed by atoms with Crippen LogP contribution in [0.3, 0.4) is 0 Å². The molecule has 1 atom stereocenters. The van der Waals surface area contributed by atoms with E-state index in [4.69, 9.17) is 14.8 Å². The SMILES string of the molecule is CCCc1nn(-c2[c-]c(Oc3[c-]c4c(cc3)c3ccccc3n4-c3cc(C)ccn3)ccc2)c(C(C)CC)c1-c1ccc(CC)cc1.[Pt+2]. The predicted molar refractivity (Wildman–Crippen MR) is 192 cm³/mol. The van der Waals surface area contributed by atoms with Gasteiger partial charge in [0.25, 0.3) is 0 Å². The van der Waals surface area contributed by atoms with Gasteiger partial charge in [-0.15, -0.1) is 35.7 Å². The van der Waals surface area contributed by atoms with Gasteiger partial charge in [0.15, 0.2) is 0 Å². The van der Waals surface area contributed by atoms with Crippen molar-refractivity contribution in [2.45, 2.75) is 66.2 Å². The Morgan fingerprint density at radius 1 is 0.833 bits per heavy atom. The van der Waals surface area contributed by atoms with Crippen LogP contribution in [-0.2, 0) is 33.9 Å². The second-order valence-corrected chi connectivity index (χ2v) is 12.4. The third-order valence-electron chi connectivity index (χ3n) is 9.10. The molecule has 6 heteroatoms. The molecule has 0 fully saturated rings. The van der Waals surface area contributed by atoms with Crippen molar-refractivity contribution < 1.29 is 25.8 Å². The summed E-state index contributed by atoms with van der Waals surface area (Å²) in [6.07, 6.45) is 5.82. The van der Waals surface area contributed by atoms with Gasteiger partial charge in [-0.1, -0.05) is 82.1 Å². The fourth-order valence-corrected chi connectivity index (χ4v) is 6.50. The van der Waals surface area contributed by atoms with Crippen LogP contribution >= 0.6 is 0 Å². The van der Waals surface area contributed by atoms with Gasteiger partial charge in [-0.3, -0.25) is 4.68 Å². The van der Waals surface area contributed by atoms with Crippen molar-refractivity contribution in [3.05, 3.63) is 132 Å². The molecule has 0 bridgehead atoms. The van der Waals surface area contributed by atoms with Crippen molar-refractivity contribution in [3.63, 3.8) is 0 Å². The van der Waals surface area contributed by atoms with Crippen LogP contribution in [0.25, 0.3) is 44.4 Å². The fraction of sp³-hybridized carbons (Fsp3) is 0.238. The summed E-state index contributed by atoms with van der Waals surface area (Å²) in [6, 6.07) is 38.8. The third kappa shape index (κ3) is 6.24. The molecule has 0 radical (unpaired) electrons. The minimum Gasteiger partial charge on any atom is -0.509 e. The molecule has 3 aromatic heterocycles. The van der Waals surface area contributed by atoms with E-state index in [1.165, 1.54) is 22.4 Å². The van der Waals surface area contributed by atoms with Crippen LogP contribution in [0.1, 0.15) is 69.0 Å². The van der Waals surface area contributed by atoms with Crippen molar-refractivity contribution in [1.29, 1.82) is 0 Å². The number of ether oxygens (including phenoxy) is 1. The maximum atomic E-state index is 6.49. The van der Waals surface area contributed by atoms with E-state index in [1.807, 2.05) is 30.5 Å². The minimum absolute atomic E-state index is 0. The van der Waals surface area contributed by atoms with E-state index >= 15 is 0 Å². The molecule has 0 aliphatic carbocycles. The van der Waals surface area contributed by atoms with Crippen molar-refractivity contribution in [1.82, 2.24) is 19.3 Å². The largest absolute Gasteiger partial charge is 2.00 e. The van der Waals surface area contributed by atoms with E-state index in [0.29, 0.717) is 17.4 Å². The summed E-state index contributed by atoms with van der Waals surface area (Å²) in [5.74, 6) is 2.40. The second kappa shape index (κ2) is 14.3. The molecule has 48 heavy (non-hydrogen) atoms. The zero-order valence-corrected chi connectivity index (χ0v) is 30.4. The molecule has 0 aliphatic heterocycles. The first-order valence-electron chi connectivity index (χ1n) is 16.8. The standard InChI is InChI=1S/C42H40N4O.Pt/c1-6-12-37-41(31-19-17-30(8-3)18-20-31)42(29(5)7-2)46(44-37)32-13-11-14-33(26-32)47-34-21-22-36-35-15-9-10-16-38(35)45(39(36)27-34)40-25-28(4)23-24-43-40;/h9-11,13-25,29H,6-8,12H2,1-5H3;/q-2;+2. The van der Waals surface area contributed by atoms with Gasteiger partial charge in [-0.2, -0.15) is 17.2 Å². The fourth-order valence-electron chi connectivity index (χ4n) is 6.50. The summed E-state index contributed by atoms with van der Waals surface area (Å²) >= 11 is 0. The molecule has 1 unspecified atom stereocenters. The maximum absolute atomic E-state index is 6.49. The van der Waals surface area contributed by atoms with Crippen LogP contribution in [0.5, 0.6) is 11.5 Å². The molecule has 3 heterocycles. The van der Waals surface area contributed by atoms with E-state index in [-0.39, 0.29) is 21.1 Å². The van der Waals surface area contributed by atoms with Gasteiger partial charge < -0.3 is 9.30 Å². The number of hydrogen-bond acceptors (Lipinski definition) is 3. The minimum atomic E-state index is 0. The molecular weight excluding hydrogens is 772 g/mol. The summed E-state index contributed by atoms with van der Waals surface area (Å²) in [5, 5.41) is 7.49. The molecule has 5 nitrogen and oxygen atoms in total. The Kier molecular flexibility index (Phi) is 9.98. The molecule has 7 aromatic rings. The Labute approximate surface area is 297 Å². The molecule has 4 aromatic carbocycles. The van der Waals surface area contributed by atoms with Gasteiger partial charge in [-0.25, -0.2) is 4.98 Å². The van der Waals surface area contributed by atoms with Gasteiger partial charge in [0, 0.05) is 28.8 Å². The first kappa shape index (κ1) is 33.4. The number of rotatable bonds is 10. The zero-order valence-electron chi connectivity index (χ0n) is 28.2. The van der Waals surface area contributed by atoms with Gasteiger partial charge in [0.2, 0.25) is 0 Å². The van der Waals surface area contributed by atoms with Crippen LogP contribution in [-0.4, -0.2) is 19.3 Å². The summed E-state index contributed by atoms with van der Waals surface area (Å²) in [6.45, 7) is 11.0. The molecule has 0 amide bonds. The maximum Gasteiger partial charge on any atom is 2.00 e. The first-order chi connectivity index (χ1) is 23.0. The van der Waals surface area contributed by atoms with Gasteiger partial charge in [-0.05, 0) is 78.1 Å². The monoisotopic (exact) mass is 811 g/mol. The van der Waals surface area contributed by atoms with Crippen LogP contribution in [0.4, 0.5) is 0 Å². The smallest absolute Gasteiger partial charge is 0.509 e. The number of aryl methyl sites for hydroxylation is 3. The van der Waals surface area contributed by atoms with Crippen molar-refractivity contribution >= 4 is 21.8 Å². The second-order valence-electron chi connectivity index (χ2n) is 12.4. The summed E-state index contributed by atoms with van der Waals surface area (Å²) in [7, 11) is 0. The molecule has 0 aliphatic rings. The Bertz CT molecular complexity index is 2190. The molecule has 244 valence electrons. The normalized spacial score (nSPS) is 11.9. The molecule has 7 rings (SSSR count). The average molecular weight is 812 g/mol. The van der Waals surface area contributed by atoms with Crippen molar-refractivity contribution in [2.24, 2.45) is 0 Å². The molecule has 0 saturated carbocycles. The number of pyridine rings is 1. The van der Waals surface area contributed by atoms with Crippen molar-refractivity contribution in [2.75, 3.05) is 0 Å². The molecule has 0 N–H and O–H groups in total. The number of hydrogen-bond donors (Lipinski definition) is 0. The Morgan fingerprint density at radius 2 is 1.62 bits per heavy atom. The summed E-state index contributed by atoms with van der Waals surface area (Å²) in [4.78, 5) is 4.71. The topological polar surface area (TPSA) is 44.9 Å². The van der Waals surface area contributed by atoms with Crippen LogP contribution in [0.2, 0.25) is 0 Å². The van der Waals surface area contributed by atoms with Gasteiger partial charge in [0.1, 0.15) is 5.82 Å². The Morgan fingerprint density at radius 3 is 2.38 bits per heavy atom. The first-order valence-corrected chi connectivity index (χ1v) is 16.8. The Hall–Kier alpha value is -4.47. The molecule has 0 spiro atoms. The summed E-state index contributed by atoms with van der Waals surface area (Å²) < 4.78 is 10.8. The zero-order chi connectivity index (χ0) is 32.5. The van der Waals surface area contributed by atoms with Crippen LogP contribution < -0.4 is 4.74 Å². The van der Waals surface area contributed by atoms with E-state index < -0.39 is 0 Å².